The second-order valence-electron chi connectivity index (χ2n) is 7.68. The molecule has 0 saturated carbocycles. The van der Waals surface area contributed by atoms with Crippen LogP contribution in [0.15, 0.2) is 74.6 Å². The second-order valence-corrected chi connectivity index (χ2v) is 10.8. The normalized spacial score (nSPS) is 11.3. The van der Waals surface area contributed by atoms with Crippen molar-refractivity contribution in [2.45, 2.75) is 25.3 Å². The fraction of sp³-hybridized carbons (Fsp3) is 0.217. The minimum absolute atomic E-state index is 0.0456. The van der Waals surface area contributed by atoms with Crippen molar-refractivity contribution in [1.29, 1.82) is 0 Å². The third kappa shape index (κ3) is 7.39. The molecule has 0 saturated heterocycles. The van der Waals surface area contributed by atoms with E-state index in [4.69, 9.17) is 21.4 Å². The summed E-state index contributed by atoms with van der Waals surface area (Å²) in [7, 11) is -3.72. The summed E-state index contributed by atoms with van der Waals surface area (Å²) in [6, 6.07) is 14.5. The summed E-state index contributed by atoms with van der Waals surface area (Å²) in [6.07, 6.45) is 1.47. The molecule has 11 heteroatoms. The van der Waals surface area contributed by atoms with E-state index in [0.29, 0.717) is 35.3 Å². The summed E-state index contributed by atoms with van der Waals surface area (Å²) in [5.41, 5.74) is 0.851. The fourth-order valence-corrected chi connectivity index (χ4v) is 4.34. The molecule has 3 N–H and O–H groups in total. The molecule has 0 spiro atoms. The number of hydrogen-bond donors (Lipinski definition) is 3. The van der Waals surface area contributed by atoms with Crippen molar-refractivity contribution in [3.05, 3.63) is 76.7 Å². The molecule has 3 aromatic rings. The van der Waals surface area contributed by atoms with E-state index in [9.17, 15) is 13.2 Å². The molecule has 34 heavy (non-hydrogen) atoms. The Morgan fingerprint density at radius 2 is 1.88 bits per heavy atom. The predicted octanol–water partition coefficient (Wildman–Crippen LogP) is 4.68. The molecule has 1 aromatic heterocycles. The van der Waals surface area contributed by atoms with Gasteiger partial charge in [0.2, 0.25) is 10.0 Å². The third-order valence-corrected chi connectivity index (χ3v) is 6.54. The number of furan rings is 1. The van der Waals surface area contributed by atoms with Crippen LogP contribution in [0.25, 0.3) is 0 Å². The summed E-state index contributed by atoms with van der Waals surface area (Å²) in [4.78, 5) is 12.9. The standard InChI is InChI=1S/C23H24BrN3O5S2/c1-15(2)14-32-21-10-5-16(24)12-20(21)22(28)27-23(33)26-17-6-8-19(9-7-17)34(29,30)25-13-18-4-3-11-31-18/h3-12,15,25H,13-14H2,1-2H3,(H2,26,27,28,33). The minimum atomic E-state index is -3.72. The highest BCUT2D eigenvalue weighted by Gasteiger charge is 2.17. The van der Waals surface area contributed by atoms with Crippen LogP contribution in [0.1, 0.15) is 30.0 Å². The van der Waals surface area contributed by atoms with Crippen LogP contribution in [-0.2, 0) is 16.6 Å². The molecule has 0 aliphatic heterocycles. The molecule has 1 amide bonds. The van der Waals surface area contributed by atoms with Crippen LogP contribution in [0.2, 0.25) is 0 Å². The van der Waals surface area contributed by atoms with Gasteiger partial charge in [-0.25, -0.2) is 13.1 Å². The maximum absolute atomic E-state index is 12.8. The average molecular weight is 566 g/mol. The number of anilines is 1. The molecule has 0 fully saturated rings. The van der Waals surface area contributed by atoms with E-state index < -0.39 is 15.9 Å². The maximum atomic E-state index is 12.8. The number of thiocarbonyl (C=S) groups is 1. The summed E-state index contributed by atoms with van der Waals surface area (Å²) < 4.78 is 39.0. The van der Waals surface area contributed by atoms with Gasteiger partial charge in [-0.05, 0) is 72.7 Å². The van der Waals surface area contributed by atoms with Gasteiger partial charge in [0, 0.05) is 10.2 Å². The van der Waals surface area contributed by atoms with Gasteiger partial charge in [-0.15, -0.1) is 0 Å². The number of rotatable bonds is 9. The first-order chi connectivity index (χ1) is 16.1. The molecule has 1 heterocycles. The van der Waals surface area contributed by atoms with Gasteiger partial charge in [0.05, 0.1) is 29.9 Å². The number of hydrogen-bond acceptors (Lipinski definition) is 6. The predicted molar refractivity (Wildman–Crippen MR) is 137 cm³/mol. The van der Waals surface area contributed by atoms with Gasteiger partial charge in [-0.2, -0.15) is 0 Å². The number of halogens is 1. The fourth-order valence-electron chi connectivity index (χ4n) is 2.77. The quantitative estimate of drug-likeness (QED) is 0.323. The van der Waals surface area contributed by atoms with Crippen molar-refractivity contribution in [1.82, 2.24) is 10.0 Å². The lowest BCUT2D eigenvalue weighted by molar-refractivity contribution is 0.0973. The zero-order valence-electron chi connectivity index (χ0n) is 18.5. The van der Waals surface area contributed by atoms with Crippen molar-refractivity contribution >= 4 is 54.9 Å². The molecular formula is C23H24BrN3O5S2. The Balaban J connectivity index is 1.61. The van der Waals surface area contributed by atoms with Gasteiger partial charge in [-0.1, -0.05) is 29.8 Å². The molecular weight excluding hydrogens is 542 g/mol. The molecule has 0 atom stereocenters. The van der Waals surface area contributed by atoms with Crippen LogP contribution < -0.4 is 20.1 Å². The van der Waals surface area contributed by atoms with Crippen LogP contribution in [0.3, 0.4) is 0 Å². The Labute approximate surface area is 212 Å². The highest BCUT2D eigenvalue weighted by molar-refractivity contribution is 9.10. The van der Waals surface area contributed by atoms with Gasteiger partial charge in [0.1, 0.15) is 11.5 Å². The Morgan fingerprint density at radius 3 is 2.53 bits per heavy atom. The van der Waals surface area contributed by atoms with Gasteiger partial charge in [-0.3, -0.25) is 10.1 Å². The van der Waals surface area contributed by atoms with E-state index in [1.807, 2.05) is 13.8 Å². The summed E-state index contributed by atoms with van der Waals surface area (Å²) in [6.45, 7) is 4.55. The van der Waals surface area contributed by atoms with Crippen molar-refractivity contribution in [3.63, 3.8) is 0 Å². The van der Waals surface area contributed by atoms with Crippen molar-refractivity contribution in [3.8, 4) is 5.75 Å². The average Bonchev–Trinajstić information content (AvgIpc) is 3.31. The van der Waals surface area contributed by atoms with Crippen LogP contribution in [-0.4, -0.2) is 26.0 Å². The van der Waals surface area contributed by atoms with Crippen molar-refractivity contribution in [2.75, 3.05) is 11.9 Å². The molecule has 0 radical (unpaired) electrons. The van der Waals surface area contributed by atoms with Crippen LogP contribution in [0.4, 0.5) is 5.69 Å². The first kappa shape index (κ1) is 25.9. The molecule has 0 aliphatic carbocycles. The number of benzene rings is 2. The molecule has 2 aromatic carbocycles. The molecule has 180 valence electrons. The van der Waals surface area contributed by atoms with Crippen LogP contribution in [0.5, 0.6) is 5.75 Å². The van der Waals surface area contributed by atoms with Gasteiger partial charge >= 0.3 is 0 Å². The molecule has 0 bridgehead atoms. The van der Waals surface area contributed by atoms with Gasteiger partial charge < -0.3 is 14.5 Å². The molecule has 8 nitrogen and oxygen atoms in total. The SMILES string of the molecule is CC(C)COc1ccc(Br)cc1C(=O)NC(=S)Nc1ccc(S(=O)(=O)NCc2ccco2)cc1. The lowest BCUT2D eigenvalue weighted by Gasteiger charge is -2.15. The van der Waals surface area contributed by atoms with E-state index in [0.717, 1.165) is 4.47 Å². The first-order valence-electron chi connectivity index (χ1n) is 10.3. The minimum Gasteiger partial charge on any atom is -0.492 e. The lowest BCUT2D eigenvalue weighted by Crippen LogP contribution is -2.34. The smallest absolute Gasteiger partial charge is 0.261 e. The molecule has 0 aliphatic rings. The topological polar surface area (TPSA) is 110 Å². The van der Waals surface area contributed by atoms with E-state index in [2.05, 4.69) is 31.3 Å². The molecule has 3 rings (SSSR count). The number of sulfonamides is 1. The number of carbonyl (C=O) groups is 1. The highest BCUT2D eigenvalue weighted by Crippen LogP contribution is 2.24. The Morgan fingerprint density at radius 1 is 1.15 bits per heavy atom. The maximum Gasteiger partial charge on any atom is 0.261 e. The summed E-state index contributed by atoms with van der Waals surface area (Å²) in [5, 5.41) is 5.56. The zero-order valence-corrected chi connectivity index (χ0v) is 21.7. The van der Waals surface area contributed by atoms with Crippen molar-refractivity contribution in [2.24, 2.45) is 5.92 Å². The van der Waals surface area contributed by atoms with Crippen molar-refractivity contribution < 1.29 is 22.4 Å². The molecule has 0 unspecified atom stereocenters. The number of nitrogens with one attached hydrogen (secondary N) is 3. The number of carbonyl (C=O) groups excluding carboxylic acids is 1. The van der Waals surface area contributed by atoms with E-state index >= 15 is 0 Å². The monoisotopic (exact) mass is 565 g/mol. The van der Waals surface area contributed by atoms with E-state index in [1.165, 1.54) is 18.4 Å². The Bertz CT molecular complexity index is 1240. The Kier molecular flexibility index (Phi) is 8.84. The second kappa shape index (κ2) is 11.6. The highest BCUT2D eigenvalue weighted by atomic mass is 79.9. The van der Waals surface area contributed by atoms with E-state index in [-0.39, 0.29) is 16.6 Å². The lowest BCUT2D eigenvalue weighted by atomic mass is 10.2. The third-order valence-electron chi connectivity index (χ3n) is 4.42. The first-order valence-corrected chi connectivity index (χ1v) is 13.0. The van der Waals surface area contributed by atoms with Crippen LogP contribution in [0, 0.1) is 5.92 Å². The summed E-state index contributed by atoms with van der Waals surface area (Å²) >= 11 is 8.62. The summed E-state index contributed by atoms with van der Waals surface area (Å²) in [5.74, 6) is 0.827. The number of ether oxygens (including phenoxy) is 1. The van der Waals surface area contributed by atoms with Gasteiger partial charge in [0.15, 0.2) is 5.11 Å². The zero-order chi connectivity index (χ0) is 24.7. The van der Waals surface area contributed by atoms with E-state index in [1.54, 1.807) is 42.5 Å². The largest absolute Gasteiger partial charge is 0.492 e. The van der Waals surface area contributed by atoms with Gasteiger partial charge in [0.25, 0.3) is 5.91 Å². The van der Waals surface area contributed by atoms with Crippen LogP contribution >= 0.6 is 28.1 Å². The number of amides is 1. The Hall–Kier alpha value is -2.73.